The normalized spacial score (nSPS) is 11.4. The van der Waals surface area contributed by atoms with Crippen molar-refractivity contribution in [3.63, 3.8) is 0 Å². The van der Waals surface area contributed by atoms with Gasteiger partial charge >= 0.3 is 0 Å². The third kappa shape index (κ3) is 1.71. The van der Waals surface area contributed by atoms with Gasteiger partial charge in [-0.3, -0.25) is 4.57 Å². The average molecular weight is 297 g/mol. The van der Waals surface area contributed by atoms with Crippen molar-refractivity contribution < 1.29 is 8.78 Å². The van der Waals surface area contributed by atoms with Crippen molar-refractivity contribution in [2.45, 2.75) is 12.8 Å². The first-order valence-electron chi connectivity index (χ1n) is 5.96. The molecule has 0 bridgehead atoms. The molecule has 2 aromatic heterocycles. The first kappa shape index (κ1) is 13.1. The van der Waals surface area contributed by atoms with E-state index in [1.807, 2.05) is 0 Å². The summed E-state index contributed by atoms with van der Waals surface area (Å²) in [5.74, 6) is -0.923. The Morgan fingerprint density at radius 1 is 1.25 bits per heavy atom. The van der Waals surface area contributed by atoms with E-state index in [-0.39, 0.29) is 11.6 Å². The summed E-state index contributed by atoms with van der Waals surface area (Å²) in [5.41, 5.74) is 1.60. The zero-order valence-corrected chi connectivity index (χ0v) is 11.6. The molecule has 2 heterocycles. The second kappa shape index (κ2) is 4.56. The summed E-state index contributed by atoms with van der Waals surface area (Å²) in [6.07, 6.45) is 0. The van der Waals surface area contributed by atoms with Crippen LogP contribution in [0.2, 0.25) is 0 Å². The zero-order chi connectivity index (χ0) is 14.4. The van der Waals surface area contributed by atoms with E-state index in [1.165, 1.54) is 22.8 Å². The molecule has 0 atom stereocenters. The lowest BCUT2D eigenvalue weighted by Crippen LogP contribution is -2.08. The largest absolute Gasteiger partial charge is 0.274 e. The molecule has 0 radical (unpaired) electrons. The van der Waals surface area contributed by atoms with Crippen LogP contribution in [0.15, 0.2) is 18.2 Å². The van der Waals surface area contributed by atoms with Crippen molar-refractivity contribution in [1.29, 1.82) is 0 Å². The molecule has 1 aromatic carbocycles. The molecule has 3 aromatic rings. The minimum Gasteiger partial charge on any atom is -0.274 e. The summed E-state index contributed by atoms with van der Waals surface area (Å²) in [4.78, 5) is 4.32. The smallest absolute Gasteiger partial charge is 0.163 e. The average Bonchev–Trinajstić information content (AvgIpc) is 2.89. The van der Waals surface area contributed by atoms with Gasteiger partial charge in [0, 0.05) is 7.05 Å². The van der Waals surface area contributed by atoms with Gasteiger partial charge in [0.2, 0.25) is 0 Å². The number of hydrogen-bond donors (Lipinski definition) is 0. The number of benzene rings is 1. The van der Waals surface area contributed by atoms with Crippen LogP contribution >= 0.6 is 11.6 Å². The maximum absolute atomic E-state index is 14.0. The molecule has 0 amide bonds. The number of rotatable bonds is 2. The molecule has 0 spiro atoms. The van der Waals surface area contributed by atoms with Gasteiger partial charge in [-0.2, -0.15) is 5.10 Å². The summed E-state index contributed by atoms with van der Waals surface area (Å²) < 4.78 is 31.0. The third-order valence-corrected chi connectivity index (χ3v) is 3.39. The van der Waals surface area contributed by atoms with Crippen LogP contribution in [-0.2, 0) is 12.9 Å². The van der Waals surface area contributed by atoms with Crippen LogP contribution in [-0.4, -0.2) is 19.3 Å². The number of hydrogen-bond acceptors (Lipinski definition) is 2. The van der Waals surface area contributed by atoms with Crippen molar-refractivity contribution in [2.24, 2.45) is 7.05 Å². The highest BCUT2D eigenvalue weighted by molar-refractivity contribution is 6.17. The van der Waals surface area contributed by atoms with Gasteiger partial charge in [-0.25, -0.2) is 18.4 Å². The van der Waals surface area contributed by atoms with Gasteiger partial charge in [0.1, 0.15) is 28.7 Å². The number of aromatic nitrogens is 4. The topological polar surface area (TPSA) is 35.6 Å². The van der Waals surface area contributed by atoms with Crippen LogP contribution in [0.1, 0.15) is 11.5 Å². The number of imidazole rings is 1. The van der Waals surface area contributed by atoms with E-state index in [0.717, 1.165) is 0 Å². The van der Waals surface area contributed by atoms with Crippen LogP contribution in [0.5, 0.6) is 0 Å². The van der Waals surface area contributed by atoms with Gasteiger partial charge in [-0.05, 0) is 19.1 Å². The molecule has 0 saturated heterocycles. The molecule has 0 aliphatic rings. The Bertz CT molecular complexity index is 786. The Morgan fingerprint density at radius 2 is 1.90 bits per heavy atom. The fourth-order valence-corrected chi connectivity index (χ4v) is 2.52. The molecule has 7 heteroatoms. The summed E-state index contributed by atoms with van der Waals surface area (Å²) >= 11 is 5.86. The molecular weight excluding hydrogens is 286 g/mol. The highest BCUT2D eigenvalue weighted by Gasteiger charge is 2.22. The van der Waals surface area contributed by atoms with E-state index in [4.69, 9.17) is 11.6 Å². The summed E-state index contributed by atoms with van der Waals surface area (Å²) in [7, 11) is 1.70. The van der Waals surface area contributed by atoms with Crippen molar-refractivity contribution in [3.05, 3.63) is 41.4 Å². The van der Waals surface area contributed by atoms with Crippen molar-refractivity contribution in [2.75, 3.05) is 0 Å². The van der Waals surface area contributed by atoms with E-state index in [0.29, 0.717) is 22.7 Å². The minimum absolute atomic E-state index is 0.0435. The monoisotopic (exact) mass is 296 g/mol. The van der Waals surface area contributed by atoms with Crippen LogP contribution in [0.25, 0.3) is 16.9 Å². The summed E-state index contributed by atoms with van der Waals surface area (Å²) in [6.45, 7) is 1.79. The molecule has 104 valence electrons. The number of alkyl halides is 1. The molecule has 0 fully saturated rings. The second-order valence-corrected chi connectivity index (χ2v) is 4.72. The number of halogens is 3. The number of para-hydroxylation sites is 1. The maximum Gasteiger partial charge on any atom is 0.163 e. The van der Waals surface area contributed by atoms with E-state index in [9.17, 15) is 8.78 Å². The lowest BCUT2D eigenvalue weighted by molar-refractivity contribution is 0.566. The van der Waals surface area contributed by atoms with Gasteiger partial charge in [0.05, 0.1) is 11.6 Å². The summed E-state index contributed by atoms with van der Waals surface area (Å²) in [5, 5.41) is 4.22. The molecule has 0 N–H and O–H groups in total. The SMILES string of the molecule is Cc1nn(C)c2c1nc(CCl)n2-c1c(F)cccc1F. The fraction of sp³-hybridized carbons (Fsp3) is 0.231. The molecule has 4 nitrogen and oxygen atoms in total. The first-order chi connectivity index (χ1) is 9.54. The van der Waals surface area contributed by atoms with Crippen LogP contribution in [0.4, 0.5) is 8.78 Å². The summed E-state index contributed by atoms with van der Waals surface area (Å²) in [6, 6.07) is 3.72. The third-order valence-electron chi connectivity index (χ3n) is 3.15. The molecule has 20 heavy (non-hydrogen) atoms. The van der Waals surface area contributed by atoms with Gasteiger partial charge in [-0.15, -0.1) is 11.6 Å². The van der Waals surface area contributed by atoms with Crippen LogP contribution in [0, 0.1) is 18.6 Å². The van der Waals surface area contributed by atoms with E-state index < -0.39 is 11.6 Å². The van der Waals surface area contributed by atoms with Crippen LogP contribution in [0.3, 0.4) is 0 Å². The molecular formula is C13H11ClF2N4. The van der Waals surface area contributed by atoms with E-state index in [1.54, 1.807) is 18.7 Å². The Kier molecular flexibility index (Phi) is 2.97. The maximum atomic E-state index is 14.0. The molecule has 0 aliphatic carbocycles. The predicted octanol–water partition coefficient (Wildman–Crippen LogP) is 3.08. The van der Waals surface area contributed by atoms with E-state index in [2.05, 4.69) is 10.1 Å². The Labute approximate surface area is 118 Å². The second-order valence-electron chi connectivity index (χ2n) is 4.45. The highest BCUT2D eigenvalue weighted by Crippen LogP contribution is 2.27. The Morgan fingerprint density at radius 3 is 2.50 bits per heavy atom. The standard InChI is InChI=1S/C13H11ClF2N4/c1-7-11-13(19(2)18-7)20(10(6-14)17-11)12-8(15)4-3-5-9(12)16/h3-5H,6H2,1-2H3. The lowest BCUT2D eigenvalue weighted by atomic mass is 10.3. The number of aryl methyl sites for hydroxylation is 2. The fourth-order valence-electron chi connectivity index (χ4n) is 2.34. The number of fused-ring (bicyclic) bond motifs is 1. The molecule has 0 unspecified atom stereocenters. The Hall–Kier alpha value is -1.95. The highest BCUT2D eigenvalue weighted by atomic mass is 35.5. The zero-order valence-electron chi connectivity index (χ0n) is 10.9. The predicted molar refractivity (Wildman–Crippen MR) is 72.0 cm³/mol. The number of nitrogens with zero attached hydrogens (tertiary/aromatic N) is 4. The van der Waals surface area contributed by atoms with E-state index >= 15 is 0 Å². The quantitative estimate of drug-likeness (QED) is 0.681. The molecule has 3 rings (SSSR count). The minimum atomic E-state index is -0.672. The van der Waals surface area contributed by atoms with Gasteiger partial charge in [0.15, 0.2) is 5.65 Å². The van der Waals surface area contributed by atoms with Gasteiger partial charge < -0.3 is 0 Å². The van der Waals surface area contributed by atoms with Crippen molar-refractivity contribution in [1.82, 2.24) is 19.3 Å². The van der Waals surface area contributed by atoms with Gasteiger partial charge in [-0.1, -0.05) is 6.07 Å². The lowest BCUT2D eigenvalue weighted by Gasteiger charge is -2.10. The van der Waals surface area contributed by atoms with Crippen molar-refractivity contribution in [3.8, 4) is 5.69 Å². The van der Waals surface area contributed by atoms with Crippen molar-refractivity contribution >= 4 is 22.8 Å². The first-order valence-corrected chi connectivity index (χ1v) is 6.49. The molecule has 0 aliphatic heterocycles. The Balaban J connectivity index is 2.46. The molecule has 0 saturated carbocycles. The van der Waals surface area contributed by atoms with Crippen LogP contribution < -0.4 is 0 Å². The van der Waals surface area contributed by atoms with Gasteiger partial charge in [0.25, 0.3) is 0 Å².